The van der Waals surface area contributed by atoms with Crippen LogP contribution in [-0.2, 0) is 16.0 Å². The summed E-state index contributed by atoms with van der Waals surface area (Å²) in [6.07, 6.45) is -3.75. The largest absolute Gasteiger partial charge is 0.433 e. The van der Waals surface area contributed by atoms with Gasteiger partial charge in [0.15, 0.2) is 0 Å². The number of rotatable bonds is 2. The molecule has 0 aliphatic rings. The third-order valence-electron chi connectivity index (χ3n) is 2.81. The zero-order valence-electron chi connectivity index (χ0n) is 11.9. The molecule has 0 aliphatic carbocycles. The fourth-order valence-corrected chi connectivity index (χ4v) is 2.28. The van der Waals surface area contributed by atoms with Crippen LogP contribution in [0.25, 0.3) is 17.3 Å². The van der Waals surface area contributed by atoms with Crippen LogP contribution in [0.15, 0.2) is 23.4 Å². The first-order valence-corrected chi connectivity index (χ1v) is 8.10. The molecule has 0 saturated heterocycles. The first-order chi connectivity index (χ1) is 11.1. The summed E-state index contributed by atoms with van der Waals surface area (Å²) in [5.41, 5.74) is 4.30. The number of halogens is 3. The van der Waals surface area contributed by atoms with E-state index in [0.29, 0.717) is 0 Å². The van der Waals surface area contributed by atoms with Crippen molar-refractivity contribution in [3.8, 4) is 11.5 Å². The van der Waals surface area contributed by atoms with Crippen molar-refractivity contribution >= 4 is 21.6 Å². The van der Waals surface area contributed by atoms with Crippen molar-refractivity contribution in [1.82, 2.24) is 29.5 Å². The van der Waals surface area contributed by atoms with Crippen LogP contribution in [0.1, 0.15) is 5.69 Å². The molecule has 0 fully saturated rings. The summed E-state index contributed by atoms with van der Waals surface area (Å²) in [6, 6.07) is 3.22. The Balaban J connectivity index is 2.17. The van der Waals surface area contributed by atoms with Crippen molar-refractivity contribution in [2.75, 3.05) is 12.0 Å². The lowest BCUT2D eigenvalue weighted by molar-refractivity contribution is -0.141. The van der Waals surface area contributed by atoms with Crippen molar-refractivity contribution in [3.05, 3.63) is 23.9 Å². The maximum Gasteiger partial charge on any atom is 0.433 e. The highest BCUT2D eigenvalue weighted by Crippen LogP contribution is 2.28. The predicted octanol–water partition coefficient (Wildman–Crippen LogP) is 0.586. The molecule has 0 bridgehead atoms. The third-order valence-corrected chi connectivity index (χ3v) is 3.66. The fourth-order valence-electron chi connectivity index (χ4n) is 1.78. The number of aromatic nitrogens is 6. The van der Waals surface area contributed by atoms with E-state index in [1.807, 2.05) is 0 Å². The molecule has 0 radical (unpaired) electrons. The molecule has 126 valence electrons. The number of fused-ring (bicyclic) bond motifs is 1. The number of sulfone groups is 1. The van der Waals surface area contributed by atoms with Crippen LogP contribution in [0.4, 0.5) is 19.1 Å². The summed E-state index contributed by atoms with van der Waals surface area (Å²) in [5, 5.41) is 3.29. The van der Waals surface area contributed by atoms with Crippen LogP contribution in [-0.4, -0.2) is 44.2 Å². The van der Waals surface area contributed by atoms with Crippen LogP contribution in [0.5, 0.6) is 0 Å². The molecule has 3 heterocycles. The van der Waals surface area contributed by atoms with Gasteiger partial charge in [0.05, 0.1) is 0 Å². The smallest absolute Gasteiger partial charge is 0.368 e. The van der Waals surface area contributed by atoms with E-state index in [0.717, 1.165) is 22.9 Å². The van der Waals surface area contributed by atoms with Crippen LogP contribution in [0.2, 0.25) is 0 Å². The van der Waals surface area contributed by atoms with E-state index in [1.54, 1.807) is 0 Å². The van der Waals surface area contributed by atoms with Gasteiger partial charge < -0.3 is 5.73 Å². The molecule has 0 amide bonds. The van der Waals surface area contributed by atoms with E-state index in [1.165, 1.54) is 6.07 Å². The maximum absolute atomic E-state index is 12.7. The van der Waals surface area contributed by atoms with E-state index in [4.69, 9.17) is 5.73 Å². The Morgan fingerprint density at radius 2 is 1.83 bits per heavy atom. The average Bonchev–Trinajstić information content (AvgIpc) is 2.90. The van der Waals surface area contributed by atoms with Crippen molar-refractivity contribution in [1.29, 1.82) is 0 Å². The van der Waals surface area contributed by atoms with Crippen molar-refractivity contribution in [2.45, 2.75) is 11.3 Å². The number of nitrogens with two attached hydrogens (primary N) is 1. The zero-order valence-corrected chi connectivity index (χ0v) is 12.7. The molecule has 9 nitrogen and oxygen atoms in total. The van der Waals surface area contributed by atoms with Gasteiger partial charge in [-0.15, -0.1) is 5.10 Å². The molecular formula is C11H8F3N7O2S. The lowest BCUT2D eigenvalue weighted by Crippen LogP contribution is -2.11. The Hall–Kier alpha value is -2.83. The summed E-state index contributed by atoms with van der Waals surface area (Å²) in [7, 11) is -3.75. The molecule has 13 heteroatoms. The minimum absolute atomic E-state index is 0.171. The number of hydrogen-bond donors (Lipinski definition) is 1. The third kappa shape index (κ3) is 2.84. The number of anilines is 1. The maximum atomic E-state index is 12.7. The van der Waals surface area contributed by atoms with Crippen LogP contribution in [0, 0.1) is 0 Å². The van der Waals surface area contributed by atoms with E-state index >= 15 is 0 Å². The Morgan fingerprint density at radius 1 is 1.12 bits per heavy atom. The fraction of sp³-hybridized carbons (Fsp3) is 0.182. The van der Waals surface area contributed by atoms with Crippen LogP contribution < -0.4 is 5.73 Å². The van der Waals surface area contributed by atoms with Gasteiger partial charge in [-0.1, -0.05) is 6.07 Å². The predicted molar refractivity (Wildman–Crippen MR) is 74.3 cm³/mol. The minimum Gasteiger partial charge on any atom is -0.368 e. The summed E-state index contributed by atoms with van der Waals surface area (Å²) < 4.78 is 62.0. The number of alkyl halides is 3. The first kappa shape index (κ1) is 16.0. The molecule has 2 N–H and O–H groups in total. The van der Waals surface area contributed by atoms with Gasteiger partial charge in [-0.05, 0) is 12.1 Å². The second-order valence-corrected chi connectivity index (χ2v) is 6.60. The molecule has 0 aliphatic heterocycles. The highest BCUT2D eigenvalue weighted by atomic mass is 32.2. The van der Waals surface area contributed by atoms with Gasteiger partial charge in [0.25, 0.3) is 10.9 Å². The van der Waals surface area contributed by atoms with Gasteiger partial charge in [0.2, 0.25) is 21.6 Å². The second-order valence-electron chi connectivity index (χ2n) is 4.69. The van der Waals surface area contributed by atoms with E-state index in [9.17, 15) is 21.6 Å². The molecule has 3 aromatic rings. The number of nitrogens with zero attached hydrogens (tertiary/aromatic N) is 6. The van der Waals surface area contributed by atoms with Gasteiger partial charge >= 0.3 is 6.18 Å². The molecule has 3 aromatic heterocycles. The van der Waals surface area contributed by atoms with Crippen molar-refractivity contribution in [2.24, 2.45) is 0 Å². The Labute approximate surface area is 132 Å². The topological polar surface area (TPSA) is 129 Å². The molecule has 0 atom stereocenters. The van der Waals surface area contributed by atoms with Crippen LogP contribution in [0.3, 0.4) is 0 Å². The normalized spacial score (nSPS) is 12.7. The van der Waals surface area contributed by atoms with Gasteiger partial charge in [0.1, 0.15) is 11.4 Å². The lowest BCUT2D eigenvalue weighted by atomic mass is 10.3. The second kappa shape index (κ2) is 5.09. The number of nitrogen functional groups attached to an aromatic ring is 1. The Bertz CT molecular complexity index is 1050. The van der Waals surface area contributed by atoms with E-state index in [2.05, 4.69) is 25.0 Å². The zero-order chi connectivity index (χ0) is 17.7. The van der Waals surface area contributed by atoms with Gasteiger partial charge in [-0.2, -0.15) is 32.6 Å². The van der Waals surface area contributed by atoms with Gasteiger partial charge in [0, 0.05) is 6.26 Å². The van der Waals surface area contributed by atoms with E-state index < -0.39 is 26.9 Å². The van der Waals surface area contributed by atoms with Crippen molar-refractivity contribution < 1.29 is 21.6 Å². The number of pyridine rings is 1. The SMILES string of the molecule is CS(=O)(=O)c1nc(N)n2nc(-c3cccc(C(F)(F)F)n3)nc2n1. The average molecular weight is 359 g/mol. The molecule has 24 heavy (non-hydrogen) atoms. The van der Waals surface area contributed by atoms with Gasteiger partial charge in [-0.25, -0.2) is 13.4 Å². The molecule has 0 aromatic carbocycles. The highest BCUT2D eigenvalue weighted by Gasteiger charge is 2.32. The number of hydrogen-bond acceptors (Lipinski definition) is 8. The molecule has 0 saturated carbocycles. The molecule has 0 spiro atoms. The quantitative estimate of drug-likeness (QED) is 0.704. The molecule has 3 rings (SSSR count). The summed E-state index contributed by atoms with van der Waals surface area (Å²) in [5.74, 6) is -0.754. The first-order valence-electron chi connectivity index (χ1n) is 6.21. The lowest BCUT2D eigenvalue weighted by Gasteiger charge is -2.05. The summed E-state index contributed by atoms with van der Waals surface area (Å²) >= 11 is 0. The minimum atomic E-state index is -4.63. The van der Waals surface area contributed by atoms with Crippen molar-refractivity contribution in [3.63, 3.8) is 0 Å². The standard InChI is InChI=1S/C11H8F3N7O2S/c1-24(22,23)10-18-8(15)21-9(19-10)17-7(20-21)5-3-2-4-6(16-5)11(12,13)14/h2-4H,1H3,(H2,15,17,18,19,20). The van der Waals surface area contributed by atoms with E-state index in [-0.39, 0.29) is 23.2 Å². The van der Waals surface area contributed by atoms with Gasteiger partial charge in [-0.3, -0.25) is 0 Å². The van der Waals surface area contributed by atoms with Crippen LogP contribution >= 0.6 is 0 Å². The summed E-state index contributed by atoms with van der Waals surface area (Å²) in [4.78, 5) is 14.6. The highest BCUT2D eigenvalue weighted by molar-refractivity contribution is 7.90. The monoisotopic (exact) mass is 359 g/mol. The Kier molecular flexibility index (Phi) is 3.40. The summed E-state index contributed by atoms with van der Waals surface area (Å²) in [6.45, 7) is 0. The molecular weight excluding hydrogens is 351 g/mol. The Morgan fingerprint density at radius 3 is 2.46 bits per heavy atom. The molecule has 0 unspecified atom stereocenters.